The predicted octanol–water partition coefficient (Wildman–Crippen LogP) is 4.21. The lowest BCUT2D eigenvalue weighted by molar-refractivity contribution is 0.632. The van der Waals surface area contributed by atoms with Crippen LogP contribution in [0.3, 0.4) is 0 Å². The maximum Gasteiger partial charge on any atom is 0.224 e. The van der Waals surface area contributed by atoms with Gasteiger partial charge in [-0.15, -0.1) is 0 Å². The Morgan fingerprint density at radius 2 is 1.86 bits per heavy atom. The van der Waals surface area contributed by atoms with Gasteiger partial charge < -0.3 is 10.6 Å². The minimum atomic E-state index is -0.507. The molecule has 4 nitrogen and oxygen atoms in total. The molecular formula is C15H12ClFN4. The number of aromatic nitrogens is 2. The molecule has 0 fully saturated rings. The van der Waals surface area contributed by atoms with Crippen LogP contribution in [0.1, 0.15) is 0 Å². The number of nitrogens with zero attached hydrogens (tertiary/aromatic N) is 2. The highest BCUT2D eigenvalue weighted by Crippen LogP contribution is 2.28. The normalized spacial score (nSPS) is 10.6. The maximum atomic E-state index is 14.0. The third kappa shape index (κ3) is 2.60. The number of nitrogens with one attached hydrogen (secondary N) is 2. The molecule has 0 saturated carbocycles. The average Bonchev–Trinajstić information content (AvgIpc) is 2.51. The Morgan fingerprint density at radius 3 is 2.67 bits per heavy atom. The highest BCUT2D eigenvalue weighted by atomic mass is 35.5. The Morgan fingerprint density at radius 1 is 1.05 bits per heavy atom. The summed E-state index contributed by atoms with van der Waals surface area (Å²) in [6.45, 7) is 0. The minimum absolute atomic E-state index is 0.0622. The molecule has 0 aliphatic carbocycles. The van der Waals surface area contributed by atoms with E-state index in [0.717, 1.165) is 10.9 Å². The van der Waals surface area contributed by atoms with E-state index in [2.05, 4.69) is 20.6 Å². The first kappa shape index (κ1) is 13.6. The lowest BCUT2D eigenvalue weighted by Crippen LogP contribution is -2.03. The summed E-state index contributed by atoms with van der Waals surface area (Å²) in [5, 5.41) is 6.73. The van der Waals surface area contributed by atoms with E-state index < -0.39 is 5.82 Å². The molecule has 3 aromatic rings. The Labute approximate surface area is 126 Å². The molecule has 6 heteroatoms. The van der Waals surface area contributed by atoms with Gasteiger partial charge in [-0.05, 0) is 24.3 Å². The fourth-order valence-corrected chi connectivity index (χ4v) is 2.19. The van der Waals surface area contributed by atoms with Crippen molar-refractivity contribution >= 4 is 40.0 Å². The fourth-order valence-electron chi connectivity index (χ4n) is 2.01. The van der Waals surface area contributed by atoms with Gasteiger partial charge in [0.25, 0.3) is 0 Å². The quantitative estimate of drug-likeness (QED) is 0.761. The van der Waals surface area contributed by atoms with Gasteiger partial charge in [0.1, 0.15) is 5.82 Å². The number of halogens is 2. The van der Waals surface area contributed by atoms with Crippen LogP contribution in [0.4, 0.5) is 21.8 Å². The lowest BCUT2D eigenvalue weighted by atomic mass is 10.2. The van der Waals surface area contributed by atoms with E-state index >= 15 is 0 Å². The second kappa shape index (κ2) is 5.54. The molecule has 106 valence electrons. The van der Waals surface area contributed by atoms with Crippen molar-refractivity contribution in [2.75, 3.05) is 17.7 Å². The number of hydrogen-bond acceptors (Lipinski definition) is 4. The molecule has 1 heterocycles. The van der Waals surface area contributed by atoms with Crippen LogP contribution in [0.5, 0.6) is 0 Å². The van der Waals surface area contributed by atoms with Gasteiger partial charge in [-0.2, -0.15) is 4.98 Å². The van der Waals surface area contributed by atoms with Crippen LogP contribution in [0.15, 0.2) is 42.5 Å². The van der Waals surface area contributed by atoms with E-state index in [1.807, 2.05) is 24.3 Å². The smallest absolute Gasteiger partial charge is 0.224 e. The molecule has 0 aliphatic rings. The van der Waals surface area contributed by atoms with Gasteiger partial charge in [-0.3, -0.25) is 0 Å². The van der Waals surface area contributed by atoms with Crippen molar-refractivity contribution in [3.05, 3.63) is 53.3 Å². The Hall–Kier alpha value is -2.40. The van der Waals surface area contributed by atoms with Crippen molar-refractivity contribution < 1.29 is 4.39 Å². The first-order valence-corrected chi connectivity index (χ1v) is 6.72. The Kier molecular flexibility index (Phi) is 3.58. The van der Waals surface area contributed by atoms with E-state index in [-0.39, 0.29) is 10.7 Å². The number of fused-ring (bicyclic) bond motifs is 1. The zero-order valence-corrected chi connectivity index (χ0v) is 11.9. The lowest BCUT2D eigenvalue weighted by Gasteiger charge is -2.11. The molecule has 0 amide bonds. The van der Waals surface area contributed by atoms with Crippen LogP contribution in [0, 0.1) is 5.82 Å². The van der Waals surface area contributed by atoms with Gasteiger partial charge in [-0.25, -0.2) is 9.37 Å². The topological polar surface area (TPSA) is 49.8 Å². The maximum absolute atomic E-state index is 14.0. The summed E-state index contributed by atoms with van der Waals surface area (Å²) < 4.78 is 14.0. The van der Waals surface area contributed by atoms with Crippen molar-refractivity contribution in [1.29, 1.82) is 0 Å². The standard InChI is InChI=1S/C15H12ClFN4/c1-18-15-20-11-7-3-2-5-9(11)14(21-15)19-12-8-4-6-10(16)13(12)17/h2-8H,1H3,(H2,18,19,20,21). The molecule has 1 aromatic heterocycles. The fraction of sp³-hybridized carbons (Fsp3) is 0.0667. The number of benzene rings is 2. The summed E-state index contributed by atoms with van der Waals surface area (Å²) >= 11 is 5.80. The monoisotopic (exact) mass is 302 g/mol. The summed E-state index contributed by atoms with van der Waals surface area (Å²) in [6, 6.07) is 12.3. The summed E-state index contributed by atoms with van der Waals surface area (Å²) in [4.78, 5) is 8.70. The average molecular weight is 303 g/mol. The van der Waals surface area contributed by atoms with Crippen LogP contribution in [-0.2, 0) is 0 Å². The Balaban J connectivity index is 2.13. The number of rotatable bonds is 3. The van der Waals surface area contributed by atoms with Crippen molar-refractivity contribution in [3.63, 3.8) is 0 Å². The SMILES string of the molecule is CNc1nc(Nc2cccc(Cl)c2F)c2ccccc2n1. The molecule has 0 atom stereocenters. The number of hydrogen-bond donors (Lipinski definition) is 2. The van der Waals surface area contributed by atoms with E-state index in [0.29, 0.717) is 11.8 Å². The molecule has 0 aliphatic heterocycles. The van der Waals surface area contributed by atoms with Crippen LogP contribution in [0.2, 0.25) is 5.02 Å². The first-order valence-electron chi connectivity index (χ1n) is 6.34. The molecule has 2 N–H and O–H groups in total. The highest BCUT2D eigenvalue weighted by molar-refractivity contribution is 6.31. The van der Waals surface area contributed by atoms with Crippen LogP contribution >= 0.6 is 11.6 Å². The number of para-hydroxylation sites is 1. The molecule has 0 spiro atoms. The second-order valence-electron chi connectivity index (χ2n) is 4.39. The Bertz CT molecular complexity index is 807. The molecule has 0 radical (unpaired) electrons. The molecule has 2 aromatic carbocycles. The molecule has 0 bridgehead atoms. The molecule has 3 rings (SSSR count). The van der Waals surface area contributed by atoms with E-state index in [1.165, 1.54) is 6.07 Å². The molecule has 0 unspecified atom stereocenters. The van der Waals surface area contributed by atoms with E-state index in [9.17, 15) is 4.39 Å². The van der Waals surface area contributed by atoms with Gasteiger partial charge in [0.05, 0.1) is 16.2 Å². The van der Waals surface area contributed by atoms with Gasteiger partial charge in [0.15, 0.2) is 5.82 Å². The number of anilines is 3. The van der Waals surface area contributed by atoms with Crippen molar-refractivity contribution in [3.8, 4) is 0 Å². The summed E-state index contributed by atoms with van der Waals surface area (Å²) in [5.74, 6) is 0.470. The van der Waals surface area contributed by atoms with Crippen molar-refractivity contribution in [2.24, 2.45) is 0 Å². The highest BCUT2D eigenvalue weighted by Gasteiger charge is 2.11. The van der Waals surface area contributed by atoms with Gasteiger partial charge in [0.2, 0.25) is 5.95 Å². The first-order chi connectivity index (χ1) is 10.2. The zero-order chi connectivity index (χ0) is 14.8. The van der Waals surface area contributed by atoms with Crippen LogP contribution in [0.25, 0.3) is 10.9 Å². The molecular weight excluding hydrogens is 291 g/mol. The summed E-state index contributed by atoms with van der Waals surface area (Å²) in [7, 11) is 1.73. The third-order valence-corrected chi connectivity index (χ3v) is 3.32. The van der Waals surface area contributed by atoms with Crippen molar-refractivity contribution in [1.82, 2.24) is 9.97 Å². The van der Waals surface area contributed by atoms with Crippen LogP contribution in [-0.4, -0.2) is 17.0 Å². The zero-order valence-electron chi connectivity index (χ0n) is 11.2. The minimum Gasteiger partial charge on any atom is -0.357 e. The van der Waals surface area contributed by atoms with E-state index in [1.54, 1.807) is 19.2 Å². The van der Waals surface area contributed by atoms with Gasteiger partial charge in [-0.1, -0.05) is 29.8 Å². The third-order valence-electron chi connectivity index (χ3n) is 3.03. The molecule has 21 heavy (non-hydrogen) atoms. The van der Waals surface area contributed by atoms with Gasteiger partial charge >= 0.3 is 0 Å². The summed E-state index contributed by atoms with van der Waals surface area (Å²) in [5.41, 5.74) is 1.04. The summed E-state index contributed by atoms with van der Waals surface area (Å²) in [6.07, 6.45) is 0. The molecule has 0 saturated heterocycles. The largest absolute Gasteiger partial charge is 0.357 e. The van der Waals surface area contributed by atoms with Crippen LogP contribution < -0.4 is 10.6 Å². The predicted molar refractivity (Wildman–Crippen MR) is 83.8 cm³/mol. The second-order valence-corrected chi connectivity index (χ2v) is 4.80. The van der Waals surface area contributed by atoms with Crippen molar-refractivity contribution in [2.45, 2.75) is 0 Å². The van der Waals surface area contributed by atoms with Gasteiger partial charge in [0, 0.05) is 12.4 Å². The van der Waals surface area contributed by atoms with E-state index in [4.69, 9.17) is 11.6 Å².